The Morgan fingerprint density at radius 2 is 2.07 bits per heavy atom. The second kappa shape index (κ2) is 5.01. The fourth-order valence-corrected chi connectivity index (χ4v) is 3.04. The first-order chi connectivity index (χ1) is 7.38. The Hall–Kier alpha value is -1.24. The van der Waals surface area contributed by atoms with Crippen molar-refractivity contribution in [3.63, 3.8) is 0 Å². The van der Waals surface area contributed by atoms with Crippen LogP contribution in [0.4, 0.5) is 0 Å². The van der Waals surface area contributed by atoms with Gasteiger partial charge in [-0.3, -0.25) is 0 Å². The summed E-state index contributed by atoms with van der Waals surface area (Å²) in [6, 6.07) is 14.4. The molecule has 0 bridgehead atoms. The van der Waals surface area contributed by atoms with Crippen LogP contribution in [0.15, 0.2) is 46.0 Å². The molecule has 1 heterocycles. The molecule has 0 atom stereocenters. The highest BCUT2D eigenvalue weighted by atomic mass is 32.2. The number of rotatable bonds is 3. The number of nitrogens with zero attached hydrogens (tertiary/aromatic N) is 1. The number of thioether (sulfide) groups is 1. The molecule has 3 heteroatoms. The van der Waals surface area contributed by atoms with E-state index < -0.39 is 0 Å². The lowest BCUT2D eigenvalue weighted by Gasteiger charge is -1.97. The van der Waals surface area contributed by atoms with Crippen LogP contribution in [0.2, 0.25) is 0 Å². The second-order valence-corrected chi connectivity index (χ2v) is 5.23. The van der Waals surface area contributed by atoms with Gasteiger partial charge in [-0.25, -0.2) is 0 Å². The van der Waals surface area contributed by atoms with E-state index in [0.717, 1.165) is 11.3 Å². The zero-order chi connectivity index (χ0) is 10.5. The van der Waals surface area contributed by atoms with Crippen LogP contribution in [0, 0.1) is 11.3 Å². The average Bonchev–Trinajstić information content (AvgIpc) is 2.76. The highest BCUT2D eigenvalue weighted by Gasteiger charge is 2.00. The van der Waals surface area contributed by atoms with E-state index in [1.807, 2.05) is 29.6 Å². The number of nitriles is 1. The first-order valence-electron chi connectivity index (χ1n) is 4.54. The van der Waals surface area contributed by atoms with Crippen LogP contribution in [-0.4, -0.2) is 0 Å². The highest BCUT2D eigenvalue weighted by Crippen LogP contribution is 2.28. The Kier molecular flexibility index (Phi) is 3.44. The first-order valence-corrected chi connectivity index (χ1v) is 6.40. The van der Waals surface area contributed by atoms with E-state index >= 15 is 0 Å². The summed E-state index contributed by atoms with van der Waals surface area (Å²) in [7, 11) is 0. The minimum Gasteiger partial charge on any atom is -0.192 e. The van der Waals surface area contributed by atoms with Gasteiger partial charge in [-0.1, -0.05) is 30.3 Å². The molecule has 2 aromatic rings. The number of hydrogen-bond donors (Lipinski definition) is 0. The minimum absolute atomic E-state index is 0.760. The van der Waals surface area contributed by atoms with Crippen LogP contribution < -0.4 is 0 Å². The van der Waals surface area contributed by atoms with Gasteiger partial charge in [0.25, 0.3) is 0 Å². The third-order valence-corrected chi connectivity index (χ3v) is 4.17. The van der Waals surface area contributed by atoms with Crippen molar-refractivity contribution in [2.24, 2.45) is 0 Å². The van der Waals surface area contributed by atoms with Crippen LogP contribution in [0.5, 0.6) is 0 Å². The number of benzene rings is 1. The lowest BCUT2D eigenvalue weighted by atomic mass is 10.2. The van der Waals surface area contributed by atoms with Crippen molar-refractivity contribution in [1.29, 1.82) is 5.26 Å². The molecule has 0 aliphatic heterocycles. The maximum absolute atomic E-state index is 8.68. The second-order valence-electron chi connectivity index (χ2n) is 3.04. The summed E-state index contributed by atoms with van der Waals surface area (Å²) in [4.78, 5) is 0. The van der Waals surface area contributed by atoms with E-state index in [4.69, 9.17) is 5.26 Å². The summed E-state index contributed by atoms with van der Waals surface area (Å²) in [5.74, 6) is 0.965. The fourth-order valence-electron chi connectivity index (χ4n) is 1.18. The standard InChI is InChI=1S/C12H9NS2/c13-7-11-6-12(15-9-11)14-8-10-4-2-1-3-5-10/h1-6,9H,8H2. The van der Waals surface area contributed by atoms with E-state index in [2.05, 4.69) is 18.2 Å². The van der Waals surface area contributed by atoms with Crippen molar-refractivity contribution >= 4 is 23.1 Å². The molecule has 15 heavy (non-hydrogen) atoms. The van der Waals surface area contributed by atoms with Crippen LogP contribution in [0.3, 0.4) is 0 Å². The van der Waals surface area contributed by atoms with Crippen LogP contribution in [-0.2, 0) is 5.75 Å². The summed E-state index contributed by atoms with van der Waals surface area (Å²) in [6.45, 7) is 0. The molecule has 0 spiro atoms. The van der Waals surface area contributed by atoms with E-state index in [-0.39, 0.29) is 0 Å². The quantitative estimate of drug-likeness (QED) is 0.748. The monoisotopic (exact) mass is 231 g/mol. The lowest BCUT2D eigenvalue weighted by molar-refractivity contribution is 1.41. The minimum atomic E-state index is 0.760. The summed E-state index contributed by atoms with van der Waals surface area (Å²) in [5.41, 5.74) is 2.07. The molecule has 0 fully saturated rings. The molecule has 0 aliphatic rings. The molecule has 0 saturated carbocycles. The predicted octanol–water partition coefficient (Wildman–Crippen LogP) is 3.91. The van der Waals surface area contributed by atoms with Gasteiger partial charge in [-0.15, -0.1) is 23.1 Å². The van der Waals surface area contributed by atoms with Crippen molar-refractivity contribution in [2.75, 3.05) is 0 Å². The van der Waals surface area contributed by atoms with Crippen molar-refractivity contribution in [3.8, 4) is 6.07 Å². The van der Waals surface area contributed by atoms with Crippen LogP contribution in [0.25, 0.3) is 0 Å². The van der Waals surface area contributed by atoms with E-state index in [1.54, 1.807) is 23.1 Å². The molecule has 1 aromatic heterocycles. The van der Waals surface area contributed by atoms with E-state index in [0.29, 0.717) is 0 Å². The molecule has 1 aromatic carbocycles. The molecular weight excluding hydrogens is 222 g/mol. The molecular formula is C12H9NS2. The normalized spacial score (nSPS) is 9.80. The third kappa shape index (κ3) is 2.85. The van der Waals surface area contributed by atoms with Gasteiger partial charge in [0.1, 0.15) is 6.07 Å². The maximum Gasteiger partial charge on any atom is 0.100 e. The van der Waals surface area contributed by atoms with Crippen molar-refractivity contribution in [3.05, 3.63) is 52.9 Å². The Bertz CT molecular complexity index is 468. The number of hydrogen-bond acceptors (Lipinski definition) is 3. The summed E-state index contributed by atoms with van der Waals surface area (Å²) in [5, 5.41) is 10.6. The van der Waals surface area contributed by atoms with Gasteiger partial charge in [0.15, 0.2) is 0 Å². The zero-order valence-electron chi connectivity index (χ0n) is 8.01. The molecule has 0 unspecified atom stereocenters. The van der Waals surface area contributed by atoms with Crippen molar-refractivity contribution in [1.82, 2.24) is 0 Å². The molecule has 0 amide bonds. The topological polar surface area (TPSA) is 23.8 Å². The van der Waals surface area contributed by atoms with Crippen molar-refractivity contribution < 1.29 is 0 Å². The SMILES string of the molecule is N#Cc1csc(SCc2ccccc2)c1. The predicted molar refractivity (Wildman–Crippen MR) is 65.0 cm³/mol. The van der Waals surface area contributed by atoms with Gasteiger partial charge >= 0.3 is 0 Å². The largest absolute Gasteiger partial charge is 0.192 e. The summed E-state index contributed by atoms with van der Waals surface area (Å²) in [6.07, 6.45) is 0. The van der Waals surface area contributed by atoms with Gasteiger partial charge in [0.05, 0.1) is 9.77 Å². The molecule has 0 N–H and O–H groups in total. The molecule has 74 valence electrons. The molecule has 0 aliphatic carbocycles. The molecule has 0 radical (unpaired) electrons. The first kappa shape index (κ1) is 10.3. The highest BCUT2D eigenvalue weighted by molar-refractivity contribution is 8.00. The Balaban J connectivity index is 1.97. The Labute approximate surface area is 97.4 Å². The van der Waals surface area contributed by atoms with Gasteiger partial charge in [-0.05, 0) is 11.6 Å². The van der Waals surface area contributed by atoms with Gasteiger partial charge < -0.3 is 0 Å². The lowest BCUT2D eigenvalue weighted by Crippen LogP contribution is -1.76. The van der Waals surface area contributed by atoms with Gasteiger partial charge in [0, 0.05) is 11.1 Å². The molecule has 1 nitrogen and oxygen atoms in total. The van der Waals surface area contributed by atoms with Crippen LogP contribution >= 0.6 is 23.1 Å². The van der Waals surface area contributed by atoms with Crippen LogP contribution in [0.1, 0.15) is 11.1 Å². The average molecular weight is 231 g/mol. The van der Waals surface area contributed by atoms with E-state index in [9.17, 15) is 0 Å². The third-order valence-electron chi connectivity index (χ3n) is 1.93. The van der Waals surface area contributed by atoms with E-state index in [1.165, 1.54) is 9.77 Å². The van der Waals surface area contributed by atoms with Gasteiger partial charge in [-0.2, -0.15) is 5.26 Å². The van der Waals surface area contributed by atoms with Crippen molar-refractivity contribution in [2.45, 2.75) is 9.96 Å². The molecule has 2 rings (SSSR count). The maximum atomic E-state index is 8.68. The van der Waals surface area contributed by atoms with Gasteiger partial charge in [0.2, 0.25) is 0 Å². The Morgan fingerprint density at radius 1 is 1.27 bits per heavy atom. The zero-order valence-corrected chi connectivity index (χ0v) is 9.65. The smallest absolute Gasteiger partial charge is 0.100 e. The summed E-state index contributed by atoms with van der Waals surface area (Å²) < 4.78 is 1.20. The Morgan fingerprint density at radius 3 is 2.73 bits per heavy atom. The summed E-state index contributed by atoms with van der Waals surface area (Å²) >= 11 is 3.41. The number of thiophene rings is 1. The molecule has 0 saturated heterocycles. The fraction of sp³-hybridized carbons (Fsp3) is 0.0833.